The molecule has 224 valence electrons. The summed E-state index contributed by atoms with van der Waals surface area (Å²) >= 11 is 6.37. The zero-order chi connectivity index (χ0) is 31.4. The molecule has 1 atom stereocenters. The summed E-state index contributed by atoms with van der Waals surface area (Å²) < 4.78 is 18.7. The summed E-state index contributed by atoms with van der Waals surface area (Å²) in [6.45, 7) is 13.6. The molecule has 1 aliphatic heterocycles. The molecule has 2 aromatic heterocycles. The lowest BCUT2D eigenvalue weighted by Gasteiger charge is -2.32. The maximum absolute atomic E-state index is 13.3. The fourth-order valence-electron chi connectivity index (χ4n) is 5.40. The Labute approximate surface area is 257 Å². The van der Waals surface area contributed by atoms with Crippen LogP contribution < -0.4 is 21.1 Å². The van der Waals surface area contributed by atoms with E-state index < -0.39 is 18.3 Å². The van der Waals surface area contributed by atoms with Gasteiger partial charge in [0.2, 0.25) is 5.88 Å². The van der Waals surface area contributed by atoms with E-state index in [4.69, 9.17) is 25.3 Å². The molecule has 1 saturated heterocycles. The highest BCUT2D eigenvalue weighted by molar-refractivity contribution is 6.63. The van der Waals surface area contributed by atoms with Gasteiger partial charge >= 0.3 is 7.12 Å². The highest BCUT2D eigenvalue weighted by Gasteiger charge is 2.52. The van der Waals surface area contributed by atoms with E-state index in [-0.39, 0.29) is 11.5 Å². The molecule has 0 amide bonds. The van der Waals surface area contributed by atoms with Gasteiger partial charge in [-0.25, -0.2) is 4.98 Å². The summed E-state index contributed by atoms with van der Waals surface area (Å²) in [5.41, 5.74) is 4.81. The number of anilines is 2. The van der Waals surface area contributed by atoms with E-state index in [0.29, 0.717) is 55.5 Å². The third kappa shape index (κ3) is 5.57. The number of fused-ring (bicyclic) bond motifs is 1. The van der Waals surface area contributed by atoms with Crippen LogP contribution in [0.4, 0.5) is 11.6 Å². The second kappa shape index (κ2) is 11.1. The van der Waals surface area contributed by atoms with E-state index in [1.165, 1.54) is 0 Å². The Morgan fingerprint density at radius 3 is 2.33 bits per heavy atom. The predicted octanol–water partition coefficient (Wildman–Crippen LogP) is 6.48. The van der Waals surface area contributed by atoms with Gasteiger partial charge in [-0.15, -0.1) is 0 Å². The minimum absolute atomic E-state index is 0.0561. The zero-order valence-electron chi connectivity index (χ0n) is 26.1. The number of benzene rings is 2. The molecule has 2 aromatic carbocycles. The number of hydrogen-bond acceptors (Lipinski definition) is 8. The first-order valence-electron chi connectivity index (χ1n) is 14.3. The van der Waals surface area contributed by atoms with E-state index in [9.17, 15) is 9.59 Å². The molecule has 4 aromatic rings. The minimum atomic E-state index is -0.677. The van der Waals surface area contributed by atoms with Crippen LogP contribution in [0.2, 0.25) is 5.15 Å². The van der Waals surface area contributed by atoms with Crippen LogP contribution in [0.15, 0.2) is 51.7 Å². The van der Waals surface area contributed by atoms with Gasteiger partial charge in [-0.3, -0.25) is 9.59 Å². The Balaban J connectivity index is 1.55. The first-order chi connectivity index (χ1) is 20.1. The molecule has 0 aliphatic carbocycles. The summed E-state index contributed by atoms with van der Waals surface area (Å²) in [5, 5.41) is 4.40. The van der Waals surface area contributed by atoms with Crippen molar-refractivity contribution in [1.82, 2.24) is 4.98 Å². The summed E-state index contributed by atoms with van der Waals surface area (Å²) in [5.74, 6) is 0.520. The minimum Gasteiger partial charge on any atom is -0.440 e. The van der Waals surface area contributed by atoms with E-state index >= 15 is 0 Å². The Kier molecular flexibility index (Phi) is 7.96. The number of nitrogens with one attached hydrogen (secondary N) is 1. The Morgan fingerprint density at radius 1 is 1.02 bits per heavy atom. The summed E-state index contributed by atoms with van der Waals surface area (Å²) in [6, 6.07) is 12.7. The van der Waals surface area contributed by atoms with Gasteiger partial charge in [-0.1, -0.05) is 29.8 Å². The number of carbonyl (C=O) groups is 1. The normalized spacial score (nSPS) is 16.4. The second-order valence-corrected chi connectivity index (χ2v) is 12.8. The van der Waals surface area contributed by atoms with Crippen LogP contribution >= 0.6 is 11.6 Å². The number of pyridine rings is 1. The molecule has 0 spiro atoms. The van der Waals surface area contributed by atoms with Crippen LogP contribution in [-0.2, 0) is 9.31 Å². The molecular weight excluding hydrogens is 565 g/mol. The van der Waals surface area contributed by atoms with Gasteiger partial charge in [-0.05, 0) is 83.8 Å². The molecule has 10 heteroatoms. The smallest absolute Gasteiger partial charge is 0.440 e. The van der Waals surface area contributed by atoms with Crippen molar-refractivity contribution in [3.8, 4) is 11.3 Å². The first-order valence-corrected chi connectivity index (χ1v) is 14.6. The van der Waals surface area contributed by atoms with E-state index in [2.05, 4.69) is 10.3 Å². The van der Waals surface area contributed by atoms with Crippen molar-refractivity contribution in [2.45, 2.75) is 65.7 Å². The SMILES string of the molecule is Cc1cc(C(C)Nc2ccc(Cl)nc2-c2ccc(B3OC(C)(C)C(C)(C)O3)c(C=O)c2)c2oc(N(C)C)c(C)c(=O)c2c1. The topological polar surface area (TPSA) is 93.9 Å². The molecule has 0 bridgehead atoms. The molecular formula is C33H37BClN3O5. The molecule has 1 N–H and O–H groups in total. The Hall–Kier alpha value is -3.66. The predicted molar refractivity (Wildman–Crippen MR) is 174 cm³/mol. The Bertz CT molecular complexity index is 1780. The first kappa shape index (κ1) is 30.8. The van der Waals surface area contributed by atoms with E-state index in [1.807, 2.05) is 86.0 Å². The van der Waals surface area contributed by atoms with Crippen LogP contribution in [0.5, 0.6) is 0 Å². The fraction of sp³-hybridized carbons (Fsp3) is 0.364. The largest absolute Gasteiger partial charge is 0.495 e. The molecule has 43 heavy (non-hydrogen) atoms. The molecule has 0 radical (unpaired) electrons. The summed E-state index contributed by atoms with van der Waals surface area (Å²) in [7, 11) is 3.03. The van der Waals surface area contributed by atoms with Crippen LogP contribution in [0.25, 0.3) is 22.2 Å². The summed E-state index contributed by atoms with van der Waals surface area (Å²) in [6.07, 6.45) is 0.801. The number of aryl methyl sites for hydroxylation is 1. The quantitative estimate of drug-likeness (QED) is 0.146. The molecule has 1 fully saturated rings. The molecule has 1 aliphatic rings. The van der Waals surface area contributed by atoms with E-state index in [0.717, 1.165) is 17.4 Å². The van der Waals surface area contributed by atoms with Gasteiger partial charge in [0.15, 0.2) is 5.43 Å². The molecule has 0 saturated carbocycles. The second-order valence-electron chi connectivity index (χ2n) is 12.4. The number of nitrogens with zero attached hydrogens (tertiary/aromatic N) is 2. The van der Waals surface area contributed by atoms with Crippen molar-refractivity contribution in [3.63, 3.8) is 0 Å². The zero-order valence-corrected chi connectivity index (χ0v) is 26.8. The number of hydrogen-bond donors (Lipinski definition) is 1. The maximum atomic E-state index is 13.3. The number of halogens is 1. The highest BCUT2D eigenvalue weighted by Crippen LogP contribution is 2.38. The van der Waals surface area contributed by atoms with Gasteiger partial charge < -0.3 is 23.9 Å². The number of carbonyl (C=O) groups excluding carboxylic acids is 1. The van der Waals surface area contributed by atoms with Crippen LogP contribution in [0.1, 0.15) is 67.7 Å². The highest BCUT2D eigenvalue weighted by atomic mass is 35.5. The summed E-state index contributed by atoms with van der Waals surface area (Å²) in [4.78, 5) is 32.0. The molecule has 8 nitrogen and oxygen atoms in total. The maximum Gasteiger partial charge on any atom is 0.495 e. The average molecular weight is 602 g/mol. The Morgan fingerprint density at radius 2 is 1.70 bits per heavy atom. The van der Waals surface area contributed by atoms with E-state index in [1.54, 1.807) is 24.0 Å². The number of aromatic nitrogens is 1. The van der Waals surface area contributed by atoms with Crippen LogP contribution in [0, 0.1) is 13.8 Å². The van der Waals surface area contributed by atoms with Gasteiger partial charge in [0.05, 0.1) is 39.6 Å². The number of aldehydes is 1. The monoisotopic (exact) mass is 601 g/mol. The standard InChI is InChI=1S/C33H37BClN3O5/c1-18-14-23(30-24(15-18)29(40)19(2)31(41-30)38(8)9)20(3)36-26-12-13-27(35)37-28(26)21-10-11-25(22(16-21)17-39)34-42-32(4,5)33(6,7)43-34/h10-17,20,36H,1-9H3. The van der Waals surface area contributed by atoms with Crippen molar-refractivity contribution >= 4 is 53.0 Å². The lowest BCUT2D eigenvalue weighted by atomic mass is 9.75. The van der Waals surface area contributed by atoms with Crippen molar-refractivity contribution in [2.75, 3.05) is 24.3 Å². The lowest BCUT2D eigenvalue weighted by molar-refractivity contribution is 0.00578. The third-order valence-electron chi connectivity index (χ3n) is 8.47. The van der Waals surface area contributed by atoms with Gasteiger partial charge in [-0.2, -0.15) is 0 Å². The molecule has 5 rings (SSSR count). The van der Waals surface area contributed by atoms with Gasteiger partial charge in [0, 0.05) is 30.8 Å². The lowest BCUT2D eigenvalue weighted by Crippen LogP contribution is -2.41. The number of rotatable bonds is 7. The van der Waals surface area contributed by atoms with Gasteiger partial charge in [0.25, 0.3) is 0 Å². The third-order valence-corrected chi connectivity index (χ3v) is 8.68. The molecule has 3 heterocycles. The average Bonchev–Trinajstić information content (AvgIpc) is 3.16. The van der Waals surface area contributed by atoms with Crippen molar-refractivity contribution in [3.05, 3.63) is 80.1 Å². The van der Waals surface area contributed by atoms with Crippen molar-refractivity contribution in [2.24, 2.45) is 0 Å². The molecule has 1 unspecified atom stereocenters. The van der Waals surface area contributed by atoms with Crippen molar-refractivity contribution in [1.29, 1.82) is 0 Å². The fourth-order valence-corrected chi connectivity index (χ4v) is 5.54. The van der Waals surface area contributed by atoms with Crippen LogP contribution in [0.3, 0.4) is 0 Å². The van der Waals surface area contributed by atoms with Gasteiger partial charge in [0.1, 0.15) is 17.0 Å². The van der Waals surface area contributed by atoms with Crippen molar-refractivity contribution < 1.29 is 18.5 Å². The van der Waals surface area contributed by atoms with Crippen LogP contribution in [-0.4, -0.2) is 43.7 Å².